The van der Waals surface area contributed by atoms with E-state index in [2.05, 4.69) is 10.6 Å². The first-order chi connectivity index (χ1) is 9.75. The smallest absolute Gasteiger partial charge is 0.261 e. The molecule has 2 aromatic rings. The lowest BCUT2D eigenvalue weighted by molar-refractivity contribution is -0.120. The summed E-state index contributed by atoms with van der Waals surface area (Å²) in [6.07, 6.45) is 0.783. The molecular formula is C15H16N2O2S. The summed E-state index contributed by atoms with van der Waals surface area (Å²) in [7, 11) is 0. The molecule has 0 aliphatic heterocycles. The highest BCUT2D eigenvalue weighted by Gasteiger charge is 2.08. The number of hydrogen-bond donors (Lipinski definition) is 2. The minimum atomic E-state index is -0.210. The average Bonchev–Trinajstić information content (AvgIpc) is 3.00. The van der Waals surface area contributed by atoms with Crippen molar-refractivity contribution in [3.8, 4) is 0 Å². The van der Waals surface area contributed by atoms with Gasteiger partial charge in [-0.25, -0.2) is 0 Å². The Morgan fingerprint density at radius 3 is 2.50 bits per heavy atom. The minimum Gasteiger partial charge on any atom is -0.354 e. The van der Waals surface area contributed by atoms with Crippen LogP contribution in [0.2, 0.25) is 0 Å². The molecule has 5 heteroatoms. The maximum atomic E-state index is 11.6. The van der Waals surface area contributed by atoms with E-state index in [9.17, 15) is 9.59 Å². The Labute approximate surface area is 121 Å². The molecule has 104 valence electrons. The highest BCUT2D eigenvalue weighted by molar-refractivity contribution is 7.12. The molecule has 2 amide bonds. The van der Waals surface area contributed by atoms with Crippen molar-refractivity contribution in [3.05, 3.63) is 58.3 Å². The predicted molar refractivity (Wildman–Crippen MR) is 79.8 cm³/mol. The van der Waals surface area contributed by atoms with Gasteiger partial charge in [-0.15, -0.1) is 11.3 Å². The molecule has 0 saturated carbocycles. The number of amides is 2. The molecule has 0 bridgehead atoms. The lowest BCUT2D eigenvalue weighted by Crippen LogP contribution is -2.37. The van der Waals surface area contributed by atoms with E-state index in [0.29, 0.717) is 11.4 Å². The van der Waals surface area contributed by atoms with Crippen LogP contribution in [0.5, 0.6) is 0 Å². The summed E-state index contributed by atoms with van der Waals surface area (Å²) in [5.74, 6) is -0.385. The van der Waals surface area contributed by atoms with E-state index in [0.717, 1.165) is 6.42 Å². The van der Waals surface area contributed by atoms with Crippen LogP contribution in [-0.2, 0) is 11.2 Å². The van der Waals surface area contributed by atoms with Gasteiger partial charge in [0.1, 0.15) is 0 Å². The molecule has 1 heterocycles. The highest BCUT2D eigenvalue weighted by Crippen LogP contribution is 2.07. The number of nitrogens with one attached hydrogen (secondary N) is 2. The van der Waals surface area contributed by atoms with Crippen molar-refractivity contribution in [1.82, 2.24) is 10.6 Å². The van der Waals surface area contributed by atoms with Crippen LogP contribution < -0.4 is 10.6 Å². The Bertz CT molecular complexity index is 553. The first-order valence-corrected chi connectivity index (χ1v) is 7.26. The van der Waals surface area contributed by atoms with Crippen molar-refractivity contribution in [3.63, 3.8) is 0 Å². The number of carbonyl (C=O) groups excluding carboxylic acids is 2. The van der Waals surface area contributed by atoms with E-state index < -0.39 is 0 Å². The first kappa shape index (κ1) is 14.3. The van der Waals surface area contributed by atoms with E-state index in [-0.39, 0.29) is 18.4 Å². The minimum absolute atomic E-state index is 0.00548. The van der Waals surface area contributed by atoms with E-state index in [1.54, 1.807) is 12.1 Å². The molecule has 2 rings (SSSR count). The molecule has 1 aromatic carbocycles. The molecule has 0 saturated heterocycles. The average molecular weight is 288 g/mol. The topological polar surface area (TPSA) is 58.2 Å². The zero-order valence-corrected chi connectivity index (χ0v) is 11.8. The monoisotopic (exact) mass is 288 g/mol. The van der Waals surface area contributed by atoms with Gasteiger partial charge in [0.25, 0.3) is 5.91 Å². The second kappa shape index (κ2) is 7.45. The Balaban J connectivity index is 1.65. The Morgan fingerprint density at radius 2 is 1.80 bits per heavy atom. The van der Waals surface area contributed by atoms with Gasteiger partial charge in [-0.3, -0.25) is 9.59 Å². The summed E-state index contributed by atoms with van der Waals surface area (Å²) < 4.78 is 0. The van der Waals surface area contributed by atoms with Gasteiger partial charge in [-0.1, -0.05) is 36.4 Å². The Kier molecular flexibility index (Phi) is 5.32. The lowest BCUT2D eigenvalue weighted by atomic mass is 10.1. The largest absolute Gasteiger partial charge is 0.354 e. The van der Waals surface area contributed by atoms with Crippen molar-refractivity contribution < 1.29 is 9.59 Å². The molecule has 0 aliphatic rings. The molecule has 1 aromatic heterocycles. The van der Waals surface area contributed by atoms with Gasteiger partial charge in [-0.05, 0) is 23.4 Å². The van der Waals surface area contributed by atoms with Crippen LogP contribution in [0.15, 0.2) is 47.8 Å². The molecule has 0 fully saturated rings. The highest BCUT2D eigenvalue weighted by atomic mass is 32.1. The molecule has 20 heavy (non-hydrogen) atoms. The summed E-state index contributed by atoms with van der Waals surface area (Å²) >= 11 is 1.35. The fourth-order valence-corrected chi connectivity index (χ4v) is 2.35. The van der Waals surface area contributed by atoms with Crippen LogP contribution in [-0.4, -0.2) is 24.9 Å². The molecule has 0 aliphatic carbocycles. The normalized spacial score (nSPS) is 10.0. The maximum absolute atomic E-state index is 11.6. The lowest BCUT2D eigenvalue weighted by Gasteiger charge is -2.06. The standard InChI is InChI=1S/C15H16N2O2S/c18-14(11-17-15(19)13-7-4-10-20-13)16-9-8-12-5-2-1-3-6-12/h1-7,10H,8-9,11H2,(H,16,18)(H,17,19). The van der Waals surface area contributed by atoms with Gasteiger partial charge < -0.3 is 10.6 Å². The maximum Gasteiger partial charge on any atom is 0.261 e. The molecule has 2 N–H and O–H groups in total. The number of carbonyl (C=O) groups is 2. The van der Waals surface area contributed by atoms with Crippen LogP contribution in [0.4, 0.5) is 0 Å². The van der Waals surface area contributed by atoms with Crippen molar-refractivity contribution in [2.45, 2.75) is 6.42 Å². The third-order valence-corrected chi connectivity index (χ3v) is 3.60. The molecular weight excluding hydrogens is 272 g/mol. The number of thiophene rings is 1. The number of benzene rings is 1. The van der Waals surface area contributed by atoms with Crippen LogP contribution in [0.25, 0.3) is 0 Å². The van der Waals surface area contributed by atoms with Crippen molar-refractivity contribution in [2.24, 2.45) is 0 Å². The second-order valence-corrected chi connectivity index (χ2v) is 5.19. The third kappa shape index (κ3) is 4.51. The van der Waals surface area contributed by atoms with E-state index in [1.807, 2.05) is 35.7 Å². The summed E-state index contributed by atoms with van der Waals surface area (Å²) in [5, 5.41) is 7.20. The fraction of sp³-hybridized carbons (Fsp3) is 0.200. The Hall–Kier alpha value is -2.14. The fourth-order valence-electron chi connectivity index (χ4n) is 1.71. The predicted octanol–water partition coefficient (Wildman–Crippen LogP) is 1.84. The van der Waals surface area contributed by atoms with E-state index >= 15 is 0 Å². The summed E-state index contributed by atoms with van der Waals surface area (Å²) in [4.78, 5) is 23.8. The molecule has 0 atom stereocenters. The molecule has 0 spiro atoms. The van der Waals surface area contributed by atoms with Gasteiger partial charge in [-0.2, -0.15) is 0 Å². The van der Waals surface area contributed by atoms with Crippen LogP contribution in [0.1, 0.15) is 15.2 Å². The van der Waals surface area contributed by atoms with E-state index in [1.165, 1.54) is 16.9 Å². The Morgan fingerprint density at radius 1 is 1.00 bits per heavy atom. The van der Waals surface area contributed by atoms with Crippen LogP contribution in [0.3, 0.4) is 0 Å². The summed E-state index contributed by atoms with van der Waals surface area (Å²) in [5.41, 5.74) is 1.18. The van der Waals surface area contributed by atoms with Gasteiger partial charge >= 0.3 is 0 Å². The van der Waals surface area contributed by atoms with E-state index in [4.69, 9.17) is 0 Å². The molecule has 0 unspecified atom stereocenters. The van der Waals surface area contributed by atoms with Crippen molar-refractivity contribution in [2.75, 3.05) is 13.1 Å². The van der Waals surface area contributed by atoms with Crippen molar-refractivity contribution >= 4 is 23.2 Å². The first-order valence-electron chi connectivity index (χ1n) is 6.38. The van der Waals surface area contributed by atoms with Gasteiger partial charge in [0.05, 0.1) is 11.4 Å². The SMILES string of the molecule is O=C(CNC(=O)c1cccs1)NCCc1ccccc1. The number of hydrogen-bond acceptors (Lipinski definition) is 3. The summed E-state index contributed by atoms with van der Waals surface area (Å²) in [6, 6.07) is 13.5. The van der Waals surface area contributed by atoms with Crippen molar-refractivity contribution in [1.29, 1.82) is 0 Å². The van der Waals surface area contributed by atoms with Crippen LogP contribution in [0, 0.1) is 0 Å². The third-order valence-electron chi connectivity index (χ3n) is 2.73. The number of rotatable bonds is 6. The van der Waals surface area contributed by atoms with Crippen LogP contribution >= 0.6 is 11.3 Å². The summed E-state index contributed by atoms with van der Waals surface area (Å²) in [6.45, 7) is 0.573. The van der Waals surface area contributed by atoms with Gasteiger partial charge in [0.2, 0.25) is 5.91 Å². The van der Waals surface area contributed by atoms with Gasteiger partial charge in [0.15, 0.2) is 0 Å². The molecule has 0 radical (unpaired) electrons. The second-order valence-electron chi connectivity index (χ2n) is 4.25. The quantitative estimate of drug-likeness (QED) is 0.852. The molecule has 4 nitrogen and oxygen atoms in total. The zero-order chi connectivity index (χ0) is 14.2. The zero-order valence-electron chi connectivity index (χ0n) is 11.0. The van der Waals surface area contributed by atoms with Gasteiger partial charge in [0, 0.05) is 6.54 Å².